The van der Waals surface area contributed by atoms with Gasteiger partial charge in [0.2, 0.25) is 0 Å². The molecule has 1 aliphatic heterocycles. The second kappa shape index (κ2) is 2.14. The van der Waals surface area contributed by atoms with E-state index in [2.05, 4.69) is 12.6 Å². The summed E-state index contributed by atoms with van der Waals surface area (Å²) in [4.78, 5) is 11.0. The zero-order valence-corrected chi connectivity index (χ0v) is 6.88. The molecule has 1 saturated heterocycles. The second-order valence-electron chi connectivity index (χ2n) is 3.29. The van der Waals surface area contributed by atoms with E-state index < -0.39 is 11.6 Å². The summed E-state index contributed by atoms with van der Waals surface area (Å²) in [6, 6.07) is 0. The Morgan fingerprint density at radius 1 is 1.73 bits per heavy atom. The van der Waals surface area contributed by atoms with Crippen molar-refractivity contribution in [1.29, 1.82) is 0 Å². The summed E-state index contributed by atoms with van der Waals surface area (Å²) in [5.41, 5.74) is -1.18. The van der Waals surface area contributed by atoms with E-state index in [-0.39, 0.29) is 11.4 Å². The van der Waals surface area contributed by atoms with Crippen molar-refractivity contribution in [2.24, 2.45) is 0 Å². The Kier molecular flexibility index (Phi) is 1.44. The Morgan fingerprint density at radius 2 is 2.45 bits per heavy atom. The van der Waals surface area contributed by atoms with Crippen molar-refractivity contribution in [1.82, 2.24) is 0 Å². The molecule has 2 rings (SSSR count). The van der Waals surface area contributed by atoms with Crippen LogP contribution in [-0.2, 0) is 9.53 Å². The standard InChI is InChI=1S/C7H10O3S/c8-6-7(9)2-1-5(11)4(3-7)10-6/h4-5,9,11H,1-3H2/t4-,5-,7+/m1/s1. The fraction of sp³-hybridized carbons (Fsp3) is 0.857. The molecule has 62 valence electrons. The SMILES string of the molecule is O=C1O[C@@H]2C[C@@]1(O)CC[C@H]2S. The van der Waals surface area contributed by atoms with Crippen molar-refractivity contribution in [3.05, 3.63) is 0 Å². The molecule has 2 aliphatic rings. The highest BCUT2D eigenvalue weighted by Gasteiger charge is 2.52. The quantitative estimate of drug-likeness (QED) is 0.405. The molecule has 0 unspecified atom stereocenters. The van der Waals surface area contributed by atoms with Crippen LogP contribution in [0.1, 0.15) is 19.3 Å². The molecule has 0 spiro atoms. The van der Waals surface area contributed by atoms with Gasteiger partial charge in [-0.3, -0.25) is 0 Å². The fourth-order valence-electron chi connectivity index (χ4n) is 1.70. The Hall–Kier alpha value is -0.220. The van der Waals surface area contributed by atoms with Crippen molar-refractivity contribution in [2.45, 2.75) is 36.2 Å². The Bertz CT molecular complexity index is 206. The van der Waals surface area contributed by atoms with E-state index in [1.165, 1.54) is 0 Å². The largest absolute Gasteiger partial charge is 0.459 e. The second-order valence-corrected chi connectivity index (χ2v) is 3.95. The summed E-state index contributed by atoms with van der Waals surface area (Å²) in [6.45, 7) is 0. The molecule has 0 aromatic carbocycles. The van der Waals surface area contributed by atoms with Crippen molar-refractivity contribution < 1.29 is 14.6 Å². The van der Waals surface area contributed by atoms with Gasteiger partial charge in [0.1, 0.15) is 6.10 Å². The number of hydrogen-bond acceptors (Lipinski definition) is 4. The van der Waals surface area contributed by atoms with Crippen LogP contribution in [-0.4, -0.2) is 28.0 Å². The van der Waals surface area contributed by atoms with Crippen LogP contribution in [0.4, 0.5) is 0 Å². The van der Waals surface area contributed by atoms with Gasteiger partial charge in [-0.2, -0.15) is 12.6 Å². The number of esters is 1. The third kappa shape index (κ3) is 0.964. The van der Waals surface area contributed by atoms with E-state index in [0.717, 1.165) is 6.42 Å². The molecule has 0 aromatic rings. The smallest absolute Gasteiger partial charge is 0.338 e. The maximum Gasteiger partial charge on any atom is 0.338 e. The van der Waals surface area contributed by atoms with Gasteiger partial charge in [-0.25, -0.2) is 4.79 Å². The lowest BCUT2D eigenvalue weighted by atomic mass is 9.86. The lowest BCUT2D eigenvalue weighted by molar-refractivity contribution is -0.153. The number of thiol groups is 1. The summed E-state index contributed by atoms with van der Waals surface area (Å²) in [6.07, 6.45) is 1.52. The lowest BCUT2D eigenvalue weighted by Crippen LogP contribution is -2.38. The van der Waals surface area contributed by atoms with E-state index in [4.69, 9.17) is 4.74 Å². The predicted molar refractivity (Wildman–Crippen MR) is 41.5 cm³/mol. The van der Waals surface area contributed by atoms with Crippen LogP contribution >= 0.6 is 12.6 Å². The van der Waals surface area contributed by atoms with E-state index in [1.807, 2.05) is 0 Å². The van der Waals surface area contributed by atoms with Gasteiger partial charge in [-0.05, 0) is 12.8 Å². The molecule has 4 heteroatoms. The van der Waals surface area contributed by atoms with Gasteiger partial charge in [-0.15, -0.1) is 0 Å². The van der Waals surface area contributed by atoms with E-state index in [9.17, 15) is 9.90 Å². The first-order valence-electron chi connectivity index (χ1n) is 3.73. The van der Waals surface area contributed by atoms with Crippen LogP contribution in [0, 0.1) is 0 Å². The van der Waals surface area contributed by atoms with Gasteiger partial charge in [0.25, 0.3) is 0 Å². The van der Waals surface area contributed by atoms with E-state index >= 15 is 0 Å². The minimum Gasteiger partial charge on any atom is -0.459 e. The highest BCUT2D eigenvalue weighted by atomic mass is 32.1. The van der Waals surface area contributed by atoms with Crippen LogP contribution < -0.4 is 0 Å². The minimum atomic E-state index is -1.18. The van der Waals surface area contributed by atoms with Gasteiger partial charge >= 0.3 is 5.97 Å². The highest BCUT2D eigenvalue weighted by Crippen LogP contribution is 2.39. The monoisotopic (exact) mass is 174 g/mol. The van der Waals surface area contributed by atoms with Crippen molar-refractivity contribution in [3.8, 4) is 0 Å². The van der Waals surface area contributed by atoms with Crippen molar-refractivity contribution >= 4 is 18.6 Å². The van der Waals surface area contributed by atoms with Crippen LogP contribution in [0.3, 0.4) is 0 Å². The van der Waals surface area contributed by atoms with Crippen LogP contribution in [0.25, 0.3) is 0 Å². The first-order chi connectivity index (χ1) is 5.12. The third-order valence-corrected chi connectivity index (χ3v) is 3.05. The summed E-state index contributed by atoms with van der Waals surface area (Å²) in [5, 5.41) is 9.71. The zero-order chi connectivity index (χ0) is 8.06. The highest BCUT2D eigenvalue weighted by molar-refractivity contribution is 7.81. The molecular weight excluding hydrogens is 164 g/mol. The first kappa shape index (κ1) is 7.43. The molecule has 11 heavy (non-hydrogen) atoms. The molecule has 0 aromatic heterocycles. The maximum atomic E-state index is 11.0. The van der Waals surface area contributed by atoms with Crippen molar-refractivity contribution in [3.63, 3.8) is 0 Å². The average Bonchev–Trinajstić information content (AvgIpc) is 2.20. The van der Waals surface area contributed by atoms with Gasteiger partial charge in [-0.1, -0.05) is 0 Å². The minimum absolute atomic E-state index is 0.113. The molecular formula is C7H10O3S. The van der Waals surface area contributed by atoms with Gasteiger partial charge in [0, 0.05) is 11.7 Å². The number of aliphatic hydroxyl groups is 1. The average molecular weight is 174 g/mol. The molecule has 0 radical (unpaired) electrons. The molecule has 3 atom stereocenters. The zero-order valence-electron chi connectivity index (χ0n) is 5.99. The number of hydrogen-bond donors (Lipinski definition) is 2. The number of carbonyl (C=O) groups is 1. The number of carbonyl (C=O) groups excluding carboxylic acids is 1. The lowest BCUT2D eigenvalue weighted by Gasteiger charge is -2.25. The first-order valence-corrected chi connectivity index (χ1v) is 4.25. The van der Waals surface area contributed by atoms with Gasteiger partial charge in [0.05, 0.1) is 0 Å². The third-order valence-electron chi connectivity index (χ3n) is 2.46. The summed E-state index contributed by atoms with van der Waals surface area (Å²) in [7, 11) is 0. The molecule has 3 nitrogen and oxygen atoms in total. The normalized spacial score (nSPS) is 49.1. The molecule has 2 bridgehead atoms. The molecule has 1 heterocycles. The predicted octanol–water partition coefficient (Wildman–Crippen LogP) is 0.125. The number of fused-ring (bicyclic) bond motifs is 2. The van der Waals surface area contributed by atoms with E-state index in [0.29, 0.717) is 12.8 Å². The van der Waals surface area contributed by atoms with Crippen LogP contribution in [0.5, 0.6) is 0 Å². The fourth-order valence-corrected chi connectivity index (χ4v) is 1.99. The van der Waals surface area contributed by atoms with Crippen molar-refractivity contribution in [2.75, 3.05) is 0 Å². The van der Waals surface area contributed by atoms with E-state index in [1.54, 1.807) is 0 Å². The molecule has 2 fully saturated rings. The van der Waals surface area contributed by atoms with Gasteiger partial charge in [0.15, 0.2) is 5.60 Å². The van der Waals surface area contributed by atoms with Gasteiger partial charge < -0.3 is 9.84 Å². The Morgan fingerprint density at radius 3 is 3.09 bits per heavy atom. The molecule has 1 N–H and O–H groups in total. The Labute approximate surface area is 70.1 Å². The molecule has 1 aliphatic carbocycles. The number of rotatable bonds is 0. The topological polar surface area (TPSA) is 46.5 Å². The Balaban J connectivity index is 2.24. The summed E-state index contributed by atoms with van der Waals surface area (Å²) >= 11 is 4.25. The maximum absolute atomic E-state index is 11.0. The van der Waals surface area contributed by atoms with Crippen LogP contribution in [0.2, 0.25) is 0 Å². The summed E-state index contributed by atoms with van der Waals surface area (Å²) in [5.74, 6) is -0.459. The summed E-state index contributed by atoms with van der Waals surface area (Å²) < 4.78 is 4.94. The molecule has 0 amide bonds. The molecule has 1 saturated carbocycles. The number of ether oxygens (including phenoxy) is 1. The van der Waals surface area contributed by atoms with Crippen LogP contribution in [0.15, 0.2) is 0 Å².